The number of rotatable bonds is 6. The largest absolute Gasteiger partial charge is 0.350 e. The van der Waals surface area contributed by atoms with Crippen molar-refractivity contribution in [2.75, 3.05) is 5.75 Å². The maximum absolute atomic E-state index is 12.0. The Morgan fingerprint density at radius 2 is 1.74 bits per heavy atom. The van der Waals surface area contributed by atoms with Crippen molar-refractivity contribution in [3.05, 3.63) is 46.9 Å². The van der Waals surface area contributed by atoms with E-state index in [1.54, 1.807) is 24.3 Å². The van der Waals surface area contributed by atoms with Crippen molar-refractivity contribution in [2.45, 2.75) is 26.8 Å². The number of carbonyl (C=O) groups is 2. The molecule has 1 aromatic rings. The minimum atomic E-state index is -0.129. The monoisotopic (exact) mass is 277 g/mol. The van der Waals surface area contributed by atoms with Crippen LogP contribution in [-0.2, 0) is 0 Å². The summed E-state index contributed by atoms with van der Waals surface area (Å²) < 4.78 is 0. The van der Waals surface area contributed by atoms with Gasteiger partial charge in [0.2, 0.25) is 0 Å². The molecule has 3 nitrogen and oxygen atoms in total. The zero-order valence-electron chi connectivity index (χ0n) is 11.5. The van der Waals surface area contributed by atoms with Crippen molar-refractivity contribution >= 4 is 23.5 Å². The molecule has 1 amide bonds. The molecule has 0 bridgehead atoms. The number of benzene rings is 1. The molecule has 19 heavy (non-hydrogen) atoms. The van der Waals surface area contributed by atoms with Gasteiger partial charge in [0.15, 0.2) is 5.78 Å². The fourth-order valence-corrected chi connectivity index (χ4v) is 2.12. The second-order valence-electron chi connectivity index (χ2n) is 4.39. The lowest BCUT2D eigenvalue weighted by atomic mass is 10.1. The topological polar surface area (TPSA) is 46.2 Å². The van der Waals surface area contributed by atoms with E-state index in [4.69, 9.17) is 0 Å². The lowest BCUT2D eigenvalue weighted by Crippen LogP contribution is -2.30. The molecule has 0 saturated carbocycles. The summed E-state index contributed by atoms with van der Waals surface area (Å²) in [5.74, 6) is 0.609. The highest BCUT2D eigenvalue weighted by Crippen LogP contribution is 2.18. The van der Waals surface area contributed by atoms with Crippen LogP contribution < -0.4 is 5.32 Å². The van der Waals surface area contributed by atoms with E-state index < -0.39 is 0 Å². The zero-order valence-corrected chi connectivity index (χ0v) is 12.3. The Morgan fingerprint density at radius 3 is 2.21 bits per heavy atom. The SMILES string of the molecule is C=C(SCC)C(=O)c1ccc(C(=O)NC(C)C)cc1. The van der Waals surface area contributed by atoms with Gasteiger partial charge in [-0.2, -0.15) is 0 Å². The van der Waals surface area contributed by atoms with E-state index in [1.165, 1.54) is 11.8 Å². The first-order valence-corrected chi connectivity index (χ1v) is 7.21. The van der Waals surface area contributed by atoms with E-state index in [0.717, 1.165) is 5.75 Å². The number of hydrogen-bond acceptors (Lipinski definition) is 3. The Morgan fingerprint density at radius 1 is 1.21 bits per heavy atom. The molecular weight excluding hydrogens is 258 g/mol. The molecule has 1 rings (SSSR count). The first-order valence-electron chi connectivity index (χ1n) is 6.23. The van der Waals surface area contributed by atoms with Gasteiger partial charge in [0.1, 0.15) is 0 Å². The van der Waals surface area contributed by atoms with Crippen LogP contribution in [0.3, 0.4) is 0 Å². The van der Waals surface area contributed by atoms with Crippen molar-refractivity contribution in [1.29, 1.82) is 0 Å². The lowest BCUT2D eigenvalue weighted by Gasteiger charge is -2.09. The number of nitrogens with one attached hydrogen (secondary N) is 1. The van der Waals surface area contributed by atoms with Gasteiger partial charge in [-0.05, 0) is 31.7 Å². The first kappa shape index (κ1) is 15.5. The number of amides is 1. The molecule has 0 aliphatic heterocycles. The van der Waals surface area contributed by atoms with E-state index >= 15 is 0 Å². The number of Topliss-reactive ketones (excluding diaryl/α,β-unsaturated/α-hetero) is 1. The summed E-state index contributed by atoms with van der Waals surface area (Å²) in [6, 6.07) is 6.75. The van der Waals surface area contributed by atoms with Gasteiger partial charge in [0, 0.05) is 22.1 Å². The fraction of sp³-hybridized carbons (Fsp3) is 0.333. The van der Waals surface area contributed by atoms with Gasteiger partial charge in [-0.15, -0.1) is 11.8 Å². The average molecular weight is 277 g/mol. The lowest BCUT2D eigenvalue weighted by molar-refractivity contribution is 0.0941. The van der Waals surface area contributed by atoms with Crippen LogP contribution in [0.2, 0.25) is 0 Å². The second kappa shape index (κ2) is 7.14. The van der Waals surface area contributed by atoms with Crippen molar-refractivity contribution < 1.29 is 9.59 Å². The summed E-state index contributed by atoms with van der Waals surface area (Å²) in [5.41, 5.74) is 1.12. The highest BCUT2D eigenvalue weighted by Gasteiger charge is 2.12. The molecule has 1 N–H and O–H groups in total. The first-order chi connectivity index (χ1) is 8.95. The maximum atomic E-state index is 12.0. The highest BCUT2D eigenvalue weighted by molar-refractivity contribution is 8.03. The molecule has 1 aromatic carbocycles. The standard InChI is InChI=1S/C15H19NO2S/c1-5-19-11(4)14(17)12-6-8-13(9-7-12)15(18)16-10(2)3/h6-10H,4-5H2,1-3H3,(H,16,18). The van der Waals surface area contributed by atoms with E-state index in [-0.39, 0.29) is 17.7 Å². The normalized spacial score (nSPS) is 10.3. The van der Waals surface area contributed by atoms with Gasteiger partial charge in [-0.25, -0.2) is 0 Å². The average Bonchev–Trinajstić information content (AvgIpc) is 2.37. The van der Waals surface area contributed by atoms with Crippen LogP contribution in [0.25, 0.3) is 0 Å². The van der Waals surface area contributed by atoms with Crippen LogP contribution in [0.15, 0.2) is 35.7 Å². The fourth-order valence-electron chi connectivity index (χ4n) is 1.52. The summed E-state index contributed by atoms with van der Waals surface area (Å²) in [6.45, 7) is 9.54. The minimum absolute atomic E-state index is 0.0809. The van der Waals surface area contributed by atoms with Gasteiger partial charge in [0.25, 0.3) is 5.91 Å². The van der Waals surface area contributed by atoms with Crippen LogP contribution in [0.1, 0.15) is 41.5 Å². The predicted octanol–water partition coefficient (Wildman–Crippen LogP) is 3.27. The smallest absolute Gasteiger partial charge is 0.251 e. The highest BCUT2D eigenvalue weighted by atomic mass is 32.2. The van der Waals surface area contributed by atoms with Gasteiger partial charge >= 0.3 is 0 Å². The predicted molar refractivity (Wildman–Crippen MR) is 80.6 cm³/mol. The van der Waals surface area contributed by atoms with Gasteiger partial charge in [-0.1, -0.05) is 25.6 Å². The second-order valence-corrected chi connectivity index (χ2v) is 5.75. The van der Waals surface area contributed by atoms with Crippen molar-refractivity contribution in [1.82, 2.24) is 5.32 Å². The Balaban J connectivity index is 2.79. The molecule has 0 radical (unpaired) electrons. The van der Waals surface area contributed by atoms with Gasteiger partial charge < -0.3 is 5.32 Å². The number of thioether (sulfide) groups is 1. The summed E-state index contributed by atoms with van der Waals surface area (Å²) in [7, 11) is 0. The van der Waals surface area contributed by atoms with E-state index in [2.05, 4.69) is 11.9 Å². The Hall–Kier alpha value is -1.55. The quantitative estimate of drug-likeness (QED) is 0.641. The van der Waals surface area contributed by atoms with E-state index in [1.807, 2.05) is 20.8 Å². The number of hydrogen-bond donors (Lipinski definition) is 1. The molecule has 102 valence electrons. The molecule has 0 fully saturated rings. The molecule has 0 spiro atoms. The summed E-state index contributed by atoms with van der Waals surface area (Å²) >= 11 is 1.43. The Kier molecular flexibility index (Phi) is 5.83. The minimum Gasteiger partial charge on any atom is -0.350 e. The third-order valence-corrected chi connectivity index (χ3v) is 3.22. The molecule has 0 atom stereocenters. The summed E-state index contributed by atoms with van der Waals surface area (Å²) in [6.07, 6.45) is 0. The molecule has 0 unspecified atom stereocenters. The van der Waals surface area contributed by atoms with Crippen LogP contribution >= 0.6 is 11.8 Å². The molecule has 0 aliphatic rings. The van der Waals surface area contributed by atoms with Gasteiger partial charge in [-0.3, -0.25) is 9.59 Å². The molecule has 0 heterocycles. The van der Waals surface area contributed by atoms with Crippen LogP contribution in [0.5, 0.6) is 0 Å². The maximum Gasteiger partial charge on any atom is 0.251 e. The van der Waals surface area contributed by atoms with Crippen molar-refractivity contribution in [3.63, 3.8) is 0 Å². The van der Waals surface area contributed by atoms with Gasteiger partial charge in [0.05, 0.1) is 0 Å². The van der Waals surface area contributed by atoms with Crippen molar-refractivity contribution in [2.24, 2.45) is 0 Å². The zero-order chi connectivity index (χ0) is 14.4. The molecule has 0 aromatic heterocycles. The molecule has 0 aliphatic carbocycles. The molecular formula is C15H19NO2S. The van der Waals surface area contributed by atoms with Crippen molar-refractivity contribution in [3.8, 4) is 0 Å². The number of allylic oxidation sites excluding steroid dienone is 1. The van der Waals surface area contributed by atoms with Crippen LogP contribution in [0, 0.1) is 0 Å². The van der Waals surface area contributed by atoms with Crippen LogP contribution in [0.4, 0.5) is 0 Å². The van der Waals surface area contributed by atoms with E-state index in [0.29, 0.717) is 16.0 Å². The Bertz CT molecular complexity index is 477. The van der Waals surface area contributed by atoms with E-state index in [9.17, 15) is 9.59 Å². The van der Waals surface area contributed by atoms with Crippen LogP contribution in [-0.4, -0.2) is 23.5 Å². The number of carbonyl (C=O) groups excluding carboxylic acids is 2. The molecule has 4 heteroatoms. The number of ketones is 1. The summed E-state index contributed by atoms with van der Waals surface area (Å²) in [5, 5.41) is 2.81. The molecule has 0 saturated heterocycles. The third kappa shape index (κ3) is 4.56. The Labute approximate surface area is 118 Å². The summed E-state index contributed by atoms with van der Waals surface area (Å²) in [4.78, 5) is 24.3. The third-order valence-electron chi connectivity index (χ3n) is 2.40.